The van der Waals surface area contributed by atoms with Gasteiger partial charge in [0.25, 0.3) is 0 Å². The van der Waals surface area contributed by atoms with Gasteiger partial charge in [-0.1, -0.05) is 6.08 Å². The molecule has 0 radical (unpaired) electrons. The second-order valence-corrected chi connectivity index (χ2v) is 6.77. The van der Waals surface area contributed by atoms with Crippen LogP contribution in [0.2, 0.25) is 0 Å². The van der Waals surface area contributed by atoms with Crippen molar-refractivity contribution in [1.29, 1.82) is 0 Å². The first kappa shape index (κ1) is 18.6. The predicted octanol–water partition coefficient (Wildman–Crippen LogP) is 2.48. The van der Waals surface area contributed by atoms with Crippen molar-refractivity contribution in [2.24, 2.45) is 5.92 Å². The predicted molar refractivity (Wildman–Crippen MR) is 101 cm³/mol. The Morgan fingerprint density at radius 2 is 2.12 bits per heavy atom. The fourth-order valence-corrected chi connectivity index (χ4v) is 3.84. The Balaban J connectivity index is 2.11. The summed E-state index contributed by atoms with van der Waals surface area (Å²) in [7, 11) is 1.89. The summed E-state index contributed by atoms with van der Waals surface area (Å²) in [4.78, 5) is 19.8. The van der Waals surface area contributed by atoms with Crippen LogP contribution in [0, 0.1) is 11.7 Å². The second-order valence-electron chi connectivity index (χ2n) is 6.77. The van der Waals surface area contributed by atoms with E-state index in [4.69, 9.17) is 0 Å². The molecule has 6 heteroatoms. The molecule has 0 saturated carbocycles. The van der Waals surface area contributed by atoms with Crippen LogP contribution >= 0.6 is 0 Å². The van der Waals surface area contributed by atoms with Crippen LogP contribution in [0.3, 0.4) is 0 Å². The van der Waals surface area contributed by atoms with Gasteiger partial charge in [-0.05, 0) is 44.7 Å². The normalized spacial score (nSPS) is 21.0. The molecular formula is C20H26FN3O2. The Kier molecular flexibility index (Phi) is 5.44. The Morgan fingerprint density at radius 1 is 1.38 bits per heavy atom. The number of aliphatic hydroxyl groups excluding tert-OH is 1. The van der Waals surface area contributed by atoms with Gasteiger partial charge in [0.2, 0.25) is 5.91 Å². The number of halogens is 1. The standard InChI is InChI=1S/C20H26FN3O2/c1-4-24(5-2)20(26)14-9-16(18(12-25)23(3)11-14)17-10-15(21)8-13-6-7-22-19(13)17/h6-10,14,18,22,25H,4-5,11-12H2,1-3H3. The molecule has 2 heterocycles. The molecule has 0 bridgehead atoms. The lowest BCUT2D eigenvalue weighted by molar-refractivity contribution is -0.134. The molecule has 140 valence electrons. The average molecular weight is 359 g/mol. The van der Waals surface area contributed by atoms with Crippen molar-refractivity contribution in [2.45, 2.75) is 19.9 Å². The van der Waals surface area contributed by atoms with Crippen LogP contribution in [-0.4, -0.2) is 65.1 Å². The minimum absolute atomic E-state index is 0.0647. The number of H-pyrrole nitrogens is 1. The van der Waals surface area contributed by atoms with E-state index in [1.54, 1.807) is 6.20 Å². The number of aromatic amines is 1. The van der Waals surface area contributed by atoms with E-state index in [1.807, 2.05) is 42.8 Å². The largest absolute Gasteiger partial charge is 0.394 e. The molecule has 2 aromatic rings. The first-order valence-electron chi connectivity index (χ1n) is 9.08. The summed E-state index contributed by atoms with van der Waals surface area (Å²) in [6.07, 6.45) is 3.68. The summed E-state index contributed by atoms with van der Waals surface area (Å²) in [6, 6.07) is 4.51. The number of nitrogens with one attached hydrogen (secondary N) is 1. The van der Waals surface area contributed by atoms with E-state index in [9.17, 15) is 14.3 Å². The topological polar surface area (TPSA) is 59.6 Å². The minimum Gasteiger partial charge on any atom is -0.394 e. The van der Waals surface area contributed by atoms with Crippen molar-refractivity contribution in [3.05, 3.63) is 41.9 Å². The number of benzene rings is 1. The molecule has 26 heavy (non-hydrogen) atoms. The maximum Gasteiger partial charge on any atom is 0.230 e. The van der Waals surface area contributed by atoms with Crippen molar-refractivity contribution >= 4 is 22.4 Å². The fraction of sp³-hybridized carbons (Fsp3) is 0.450. The summed E-state index contributed by atoms with van der Waals surface area (Å²) >= 11 is 0. The smallest absolute Gasteiger partial charge is 0.230 e. The highest BCUT2D eigenvalue weighted by Gasteiger charge is 2.33. The van der Waals surface area contributed by atoms with Crippen molar-refractivity contribution in [3.8, 4) is 0 Å². The molecule has 1 aromatic heterocycles. The fourth-order valence-electron chi connectivity index (χ4n) is 3.84. The number of carbonyl (C=O) groups excluding carboxylic acids is 1. The lowest BCUT2D eigenvalue weighted by Crippen LogP contribution is -2.47. The van der Waals surface area contributed by atoms with Crippen LogP contribution in [0.25, 0.3) is 16.5 Å². The van der Waals surface area contributed by atoms with Gasteiger partial charge in [0, 0.05) is 36.8 Å². The molecule has 0 fully saturated rings. The van der Waals surface area contributed by atoms with Gasteiger partial charge in [-0.3, -0.25) is 9.69 Å². The van der Waals surface area contributed by atoms with Gasteiger partial charge < -0.3 is 15.0 Å². The van der Waals surface area contributed by atoms with Gasteiger partial charge in [0.1, 0.15) is 5.82 Å². The highest BCUT2D eigenvalue weighted by atomic mass is 19.1. The number of fused-ring (bicyclic) bond motifs is 1. The van der Waals surface area contributed by atoms with E-state index >= 15 is 0 Å². The number of nitrogens with zero attached hydrogens (tertiary/aromatic N) is 2. The van der Waals surface area contributed by atoms with Gasteiger partial charge in [0.05, 0.1) is 24.1 Å². The zero-order valence-electron chi connectivity index (χ0n) is 15.5. The Morgan fingerprint density at radius 3 is 2.77 bits per heavy atom. The van der Waals surface area contributed by atoms with Gasteiger partial charge >= 0.3 is 0 Å². The number of carbonyl (C=O) groups is 1. The maximum atomic E-state index is 14.2. The summed E-state index contributed by atoms with van der Waals surface area (Å²) in [5.41, 5.74) is 2.31. The molecule has 5 nitrogen and oxygen atoms in total. The van der Waals surface area contributed by atoms with Crippen LogP contribution in [-0.2, 0) is 4.79 Å². The van der Waals surface area contributed by atoms with Gasteiger partial charge in [-0.25, -0.2) is 4.39 Å². The molecule has 2 atom stereocenters. The third-order valence-electron chi connectivity index (χ3n) is 5.26. The third kappa shape index (κ3) is 3.27. The number of aromatic nitrogens is 1. The minimum atomic E-state index is -0.329. The van der Waals surface area contributed by atoms with Crippen LogP contribution in [0.4, 0.5) is 4.39 Å². The summed E-state index contributed by atoms with van der Waals surface area (Å²) < 4.78 is 14.2. The van der Waals surface area contributed by atoms with Gasteiger partial charge in [-0.15, -0.1) is 0 Å². The van der Waals surface area contributed by atoms with Crippen molar-refractivity contribution in [3.63, 3.8) is 0 Å². The summed E-state index contributed by atoms with van der Waals surface area (Å²) in [5.74, 6) is -0.578. The SMILES string of the molecule is CCN(CC)C(=O)C1C=C(c2cc(F)cc3cc[nH]c23)C(CO)N(C)C1. The molecule has 1 aromatic carbocycles. The van der Waals surface area contributed by atoms with Crippen LogP contribution in [0.15, 0.2) is 30.5 Å². The molecule has 1 aliphatic heterocycles. The Hall–Kier alpha value is -2.18. The molecule has 1 amide bonds. The molecule has 0 aliphatic carbocycles. The molecule has 0 saturated heterocycles. The van der Waals surface area contributed by atoms with E-state index in [0.29, 0.717) is 25.2 Å². The number of hydrogen-bond acceptors (Lipinski definition) is 3. The third-order valence-corrected chi connectivity index (χ3v) is 5.26. The molecule has 2 unspecified atom stereocenters. The zero-order chi connectivity index (χ0) is 18.8. The molecule has 3 rings (SSSR count). The van der Waals surface area contributed by atoms with E-state index in [2.05, 4.69) is 4.98 Å². The van der Waals surface area contributed by atoms with E-state index in [1.165, 1.54) is 12.1 Å². The number of likely N-dealkylation sites (N-methyl/N-ethyl adjacent to an activating group) is 1. The Labute approximate surface area is 153 Å². The van der Waals surface area contributed by atoms with E-state index < -0.39 is 0 Å². The van der Waals surface area contributed by atoms with E-state index in [-0.39, 0.29) is 30.3 Å². The quantitative estimate of drug-likeness (QED) is 0.862. The van der Waals surface area contributed by atoms with Crippen molar-refractivity contribution in [2.75, 3.05) is 33.3 Å². The van der Waals surface area contributed by atoms with Crippen LogP contribution in [0.1, 0.15) is 19.4 Å². The summed E-state index contributed by atoms with van der Waals surface area (Å²) in [5, 5.41) is 10.7. The lowest BCUT2D eigenvalue weighted by atomic mass is 9.87. The van der Waals surface area contributed by atoms with E-state index in [0.717, 1.165) is 16.5 Å². The summed E-state index contributed by atoms with van der Waals surface area (Å²) in [6.45, 7) is 5.68. The second kappa shape index (κ2) is 7.60. The lowest BCUT2D eigenvalue weighted by Gasteiger charge is -2.37. The Bertz CT molecular complexity index is 826. The number of rotatable bonds is 5. The first-order valence-corrected chi connectivity index (χ1v) is 9.08. The van der Waals surface area contributed by atoms with Crippen molar-refractivity contribution in [1.82, 2.24) is 14.8 Å². The molecular weight excluding hydrogens is 333 g/mol. The van der Waals surface area contributed by atoms with Gasteiger partial charge in [0.15, 0.2) is 0 Å². The highest BCUT2D eigenvalue weighted by molar-refractivity contribution is 5.94. The zero-order valence-corrected chi connectivity index (χ0v) is 15.5. The van der Waals surface area contributed by atoms with Crippen LogP contribution < -0.4 is 0 Å². The van der Waals surface area contributed by atoms with Gasteiger partial charge in [-0.2, -0.15) is 0 Å². The first-order chi connectivity index (χ1) is 12.5. The molecule has 2 N–H and O–H groups in total. The molecule has 1 aliphatic rings. The number of aliphatic hydroxyl groups is 1. The maximum absolute atomic E-state index is 14.2. The van der Waals surface area contributed by atoms with Crippen LogP contribution in [0.5, 0.6) is 0 Å². The highest BCUT2D eigenvalue weighted by Crippen LogP contribution is 2.33. The molecule has 0 spiro atoms. The average Bonchev–Trinajstić information content (AvgIpc) is 3.09. The monoisotopic (exact) mass is 359 g/mol. The number of amides is 1. The van der Waals surface area contributed by atoms with Crippen molar-refractivity contribution < 1.29 is 14.3 Å². The number of hydrogen-bond donors (Lipinski definition) is 2.